The van der Waals surface area contributed by atoms with Crippen molar-refractivity contribution in [2.24, 2.45) is 0 Å². The number of nitrogens with one attached hydrogen (secondary N) is 1. The maximum absolute atomic E-state index is 12.2. The molecule has 6 heteroatoms. The minimum absolute atomic E-state index is 0.178. The predicted molar refractivity (Wildman–Crippen MR) is 116 cm³/mol. The predicted octanol–water partition coefficient (Wildman–Crippen LogP) is 4.69. The second kappa shape index (κ2) is 10.1. The Labute approximate surface area is 174 Å². The van der Waals surface area contributed by atoms with Crippen molar-refractivity contribution >= 4 is 29.0 Å². The van der Waals surface area contributed by atoms with E-state index < -0.39 is 0 Å². The van der Waals surface area contributed by atoms with Gasteiger partial charge in [-0.05, 0) is 42.8 Å². The molecule has 5 nitrogen and oxygen atoms in total. The van der Waals surface area contributed by atoms with Gasteiger partial charge >= 0.3 is 0 Å². The molecule has 0 atom stereocenters. The third kappa shape index (κ3) is 6.52. The number of thiazole rings is 1. The molecule has 0 radical (unpaired) electrons. The molecule has 2 aromatic carbocycles. The lowest BCUT2D eigenvalue weighted by atomic mass is 10.2. The number of nitrogens with zero attached hydrogens (tertiary/aromatic N) is 1. The summed E-state index contributed by atoms with van der Waals surface area (Å²) in [7, 11) is 0. The second-order valence-electron chi connectivity index (χ2n) is 6.06. The molecular weight excluding hydrogens is 384 g/mol. The molecule has 1 N–H and O–H groups in total. The van der Waals surface area contributed by atoms with Crippen LogP contribution in [-0.2, 0) is 11.4 Å². The summed E-state index contributed by atoms with van der Waals surface area (Å²) >= 11 is 1.60. The van der Waals surface area contributed by atoms with Crippen LogP contribution in [0.1, 0.15) is 16.3 Å². The monoisotopic (exact) mass is 404 g/mol. The van der Waals surface area contributed by atoms with Crippen molar-refractivity contribution in [1.29, 1.82) is 0 Å². The molecule has 29 heavy (non-hydrogen) atoms. The molecule has 146 valence electrons. The second-order valence-corrected chi connectivity index (χ2v) is 7.12. The summed E-state index contributed by atoms with van der Waals surface area (Å²) in [5, 5.41) is 5.79. The van der Waals surface area contributed by atoms with E-state index in [0.29, 0.717) is 18.0 Å². The van der Waals surface area contributed by atoms with Gasteiger partial charge in [-0.3, -0.25) is 4.79 Å². The van der Waals surface area contributed by atoms with Gasteiger partial charge < -0.3 is 14.8 Å². The van der Waals surface area contributed by atoms with E-state index in [-0.39, 0.29) is 12.5 Å². The van der Waals surface area contributed by atoms with Gasteiger partial charge in [-0.1, -0.05) is 24.1 Å². The highest BCUT2D eigenvalue weighted by Gasteiger charge is 2.02. The van der Waals surface area contributed by atoms with Crippen LogP contribution in [0.3, 0.4) is 0 Å². The topological polar surface area (TPSA) is 60.5 Å². The summed E-state index contributed by atoms with van der Waals surface area (Å²) in [5.41, 5.74) is 2.39. The van der Waals surface area contributed by atoms with E-state index in [9.17, 15) is 4.79 Å². The molecule has 1 aromatic heterocycles. The first kappa shape index (κ1) is 20.2. The average Bonchev–Trinajstić information content (AvgIpc) is 3.15. The zero-order valence-corrected chi connectivity index (χ0v) is 16.7. The Morgan fingerprint density at radius 3 is 2.76 bits per heavy atom. The number of ether oxygens (including phenoxy) is 2. The summed E-state index contributed by atoms with van der Waals surface area (Å²) < 4.78 is 11.1. The van der Waals surface area contributed by atoms with Crippen LogP contribution < -0.4 is 14.8 Å². The summed E-state index contributed by atoms with van der Waals surface area (Å²) in [6.45, 7) is 2.55. The molecule has 0 spiro atoms. The third-order valence-electron chi connectivity index (χ3n) is 3.76. The Kier molecular flexibility index (Phi) is 7.04. The van der Waals surface area contributed by atoms with E-state index >= 15 is 0 Å². The van der Waals surface area contributed by atoms with E-state index in [1.807, 2.05) is 36.6 Å². The maximum atomic E-state index is 12.2. The average molecular weight is 404 g/mol. The summed E-state index contributed by atoms with van der Waals surface area (Å²) in [6.07, 6.45) is 8.38. The van der Waals surface area contributed by atoms with Gasteiger partial charge in [0, 0.05) is 23.2 Å². The molecule has 0 fully saturated rings. The van der Waals surface area contributed by atoms with Crippen LogP contribution in [0.15, 0.2) is 60.0 Å². The number of anilines is 1. The number of aromatic nitrogens is 1. The third-order valence-corrected chi connectivity index (χ3v) is 4.58. The number of terminal acetylenes is 1. The van der Waals surface area contributed by atoms with Gasteiger partial charge in [0.25, 0.3) is 0 Å². The van der Waals surface area contributed by atoms with Crippen molar-refractivity contribution in [3.05, 3.63) is 76.3 Å². The molecule has 0 saturated carbocycles. The molecule has 3 rings (SSSR count). The van der Waals surface area contributed by atoms with Crippen LogP contribution >= 0.6 is 11.3 Å². The van der Waals surface area contributed by atoms with Crippen LogP contribution in [-0.4, -0.2) is 17.5 Å². The fraction of sp³-hybridized carbons (Fsp3) is 0.130. The molecule has 1 heterocycles. The van der Waals surface area contributed by atoms with Gasteiger partial charge in [0.2, 0.25) is 5.91 Å². The van der Waals surface area contributed by atoms with E-state index in [4.69, 9.17) is 15.9 Å². The first-order chi connectivity index (χ1) is 14.1. The maximum Gasteiger partial charge on any atom is 0.248 e. The largest absolute Gasteiger partial charge is 0.487 e. The van der Waals surface area contributed by atoms with Gasteiger partial charge in [-0.2, -0.15) is 0 Å². The molecular formula is C23H20N2O3S. The van der Waals surface area contributed by atoms with E-state index in [2.05, 4.69) is 16.2 Å². The summed E-state index contributed by atoms with van der Waals surface area (Å²) in [4.78, 5) is 16.6. The fourth-order valence-electron chi connectivity index (χ4n) is 2.48. The quantitative estimate of drug-likeness (QED) is 0.437. The van der Waals surface area contributed by atoms with Crippen LogP contribution in [0.4, 0.5) is 5.69 Å². The van der Waals surface area contributed by atoms with Gasteiger partial charge in [-0.25, -0.2) is 4.98 Å². The van der Waals surface area contributed by atoms with Gasteiger partial charge in [0.05, 0.1) is 10.7 Å². The van der Waals surface area contributed by atoms with Crippen LogP contribution in [0, 0.1) is 19.3 Å². The van der Waals surface area contributed by atoms with Gasteiger partial charge in [-0.15, -0.1) is 17.8 Å². The Balaban J connectivity index is 1.56. The number of hydrogen-bond donors (Lipinski definition) is 1. The highest BCUT2D eigenvalue weighted by molar-refractivity contribution is 7.09. The first-order valence-electron chi connectivity index (χ1n) is 8.91. The van der Waals surface area contributed by atoms with E-state index in [0.717, 1.165) is 22.0 Å². The number of aryl methyl sites for hydroxylation is 1. The molecule has 3 aromatic rings. The highest BCUT2D eigenvalue weighted by Crippen LogP contribution is 2.19. The molecule has 0 aliphatic carbocycles. The van der Waals surface area contributed by atoms with Gasteiger partial charge in [0.1, 0.15) is 24.7 Å². The van der Waals surface area contributed by atoms with Gasteiger partial charge in [0.15, 0.2) is 0 Å². The number of amides is 1. The molecule has 0 aliphatic rings. The van der Waals surface area contributed by atoms with Crippen molar-refractivity contribution in [3.63, 3.8) is 0 Å². The summed E-state index contributed by atoms with van der Waals surface area (Å²) in [6, 6.07) is 14.6. The lowest BCUT2D eigenvalue weighted by Gasteiger charge is -2.06. The lowest BCUT2D eigenvalue weighted by Crippen LogP contribution is -2.07. The van der Waals surface area contributed by atoms with Crippen molar-refractivity contribution in [3.8, 4) is 23.8 Å². The standard InChI is InChI=1S/C23H20N2O3S/c1-3-12-27-22-9-5-7-19(14-22)25-23(26)11-10-18-6-4-8-21(13-18)28-15-20-16-29-17(2)24-20/h1,4-11,13-14,16H,12,15H2,2H3,(H,25,26)/b11-10+. The van der Waals surface area contributed by atoms with E-state index in [1.54, 1.807) is 41.7 Å². The smallest absolute Gasteiger partial charge is 0.248 e. The number of benzene rings is 2. The minimum Gasteiger partial charge on any atom is -0.487 e. The zero-order chi connectivity index (χ0) is 20.5. The molecule has 0 bridgehead atoms. The van der Waals surface area contributed by atoms with Crippen LogP contribution in [0.25, 0.3) is 6.08 Å². The molecule has 1 amide bonds. The first-order valence-corrected chi connectivity index (χ1v) is 9.79. The van der Waals surface area contributed by atoms with Crippen LogP contribution in [0.5, 0.6) is 11.5 Å². The Bertz CT molecular complexity index is 1050. The number of rotatable bonds is 8. The SMILES string of the molecule is C#CCOc1cccc(NC(=O)/C=C/c2cccc(OCc3csc(C)n3)c2)c1. The normalized spacial score (nSPS) is 10.5. The Morgan fingerprint density at radius 1 is 1.21 bits per heavy atom. The number of carbonyl (C=O) groups is 1. The van der Waals surface area contributed by atoms with Crippen molar-refractivity contribution < 1.29 is 14.3 Å². The van der Waals surface area contributed by atoms with Crippen molar-refractivity contribution in [2.45, 2.75) is 13.5 Å². The zero-order valence-electron chi connectivity index (χ0n) is 15.9. The van der Waals surface area contributed by atoms with Crippen molar-refractivity contribution in [1.82, 2.24) is 4.98 Å². The van der Waals surface area contributed by atoms with Crippen molar-refractivity contribution in [2.75, 3.05) is 11.9 Å². The molecule has 0 unspecified atom stereocenters. The highest BCUT2D eigenvalue weighted by atomic mass is 32.1. The molecule has 0 aliphatic heterocycles. The molecule has 0 saturated heterocycles. The minimum atomic E-state index is -0.247. The summed E-state index contributed by atoms with van der Waals surface area (Å²) in [5.74, 6) is 3.48. The number of carbonyl (C=O) groups excluding carboxylic acids is 1. The van der Waals surface area contributed by atoms with Crippen LogP contribution in [0.2, 0.25) is 0 Å². The Morgan fingerprint density at radius 2 is 2.00 bits per heavy atom. The fourth-order valence-corrected chi connectivity index (χ4v) is 3.08. The van der Waals surface area contributed by atoms with E-state index in [1.165, 1.54) is 6.08 Å². The number of hydrogen-bond acceptors (Lipinski definition) is 5. The lowest BCUT2D eigenvalue weighted by molar-refractivity contribution is -0.111. The Hall–Kier alpha value is -3.56.